The van der Waals surface area contributed by atoms with Crippen LogP contribution in [0, 0.1) is 40.4 Å². The van der Waals surface area contributed by atoms with Crippen molar-refractivity contribution in [2.24, 2.45) is 17.3 Å². The maximum Gasteiger partial charge on any atom is 0.384 e. The van der Waals surface area contributed by atoms with Crippen molar-refractivity contribution in [3.05, 3.63) is 60.2 Å². The van der Waals surface area contributed by atoms with Gasteiger partial charge in [0.1, 0.15) is 23.2 Å². The molecule has 0 aromatic heterocycles. The number of nitrogens with zero attached hydrogens (tertiary/aromatic N) is 1. The van der Waals surface area contributed by atoms with Gasteiger partial charge in [0.25, 0.3) is 0 Å². The van der Waals surface area contributed by atoms with Crippen molar-refractivity contribution >= 4 is 11.9 Å². The lowest BCUT2D eigenvalue weighted by atomic mass is 9.82. The molecule has 6 heteroatoms. The highest BCUT2D eigenvalue weighted by Gasteiger charge is 2.62. The van der Waals surface area contributed by atoms with Crippen molar-refractivity contribution in [1.82, 2.24) is 0 Å². The summed E-state index contributed by atoms with van der Waals surface area (Å²) >= 11 is 0. The normalized spacial score (nSPS) is 21.9. The third kappa shape index (κ3) is 5.07. The predicted octanol–water partition coefficient (Wildman–Crippen LogP) is 5.35. The number of benzene rings is 2. The molecule has 2 aliphatic rings. The Morgan fingerprint density at radius 2 is 1.74 bits per heavy atom. The minimum atomic E-state index is -1.08. The third-order valence-electron chi connectivity index (χ3n) is 6.65. The molecule has 2 aliphatic carbocycles. The van der Waals surface area contributed by atoms with Gasteiger partial charge in [-0.25, -0.2) is 4.79 Å². The lowest BCUT2D eigenvalue weighted by Gasteiger charge is -2.36. The quantitative estimate of drug-likeness (QED) is 0.330. The summed E-state index contributed by atoms with van der Waals surface area (Å²) in [6.45, 7) is 5.69. The maximum atomic E-state index is 12.9. The molecule has 0 aliphatic heterocycles. The number of hydrogen-bond donors (Lipinski definition) is 0. The molecule has 0 spiro atoms. The van der Waals surface area contributed by atoms with Crippen molar-refractivity contribution in [2.75, 3.05) is 0 Å². The lowest BCUT2D eigenvalue weighted by Crippen LogP contribution is -2.38. The van der Waals surface area contributed by atoms with Gasteiger partial charge in [0.15, 0.2) is 0 Å². The van der Waals surface area contributed by atoms with Crippen LogP contribution in [0.1, 0.15) is 51.7 Å². The van der Waals surface area contributed by atoms with Gasteiger partial charge in [-0.1, -0.05) is 50.1 Å². The van der Waals surface area contributed by atoms with Gasteiger partial charge in [0.2, 0.25) is 6.10 Å². The molecular weight excluding hydrogens is 430 g/mol. The molecule has 2 aromatic carbocycles. The highest BCUT2D eigenvalue weighted by atomic mass is 16.6. The zero-order valence-corrected chi connectivity index (χ0v) is 19.5. The number of hydrogen-bond acceptors (Lipinski definition) is 6. The van der Waals surface area contributed by atoms with E-state index in [9.17, 15) is 14.9 Å². The molecule has 6 nitrogen and oxygen atoms in total. The average Bonchev–Trinajstić information content (AvgIpc) is 3.36. The summed E-state index contributed by atoms with van der Waals surface area (Å²) in [4.78, 5) is 25.0. The molecule has 0 N–H and O–H groups in total. The third-order valence-corrected chi connectivity index (χ3v) is 6.65. The molecule has 0 heterocycles. The zero-order chi connectivity index (χ0) is 24.3. The van der Waals surface area contributed by atoms with Gasteiger partial charge in [-0.15, -0.1) is 0 Å². The minimum Gasteiger partial charge on any atom is -0.457 e. The Morgan fingerprint density at radius 1 is 1.03 bits per heavy atom. The Bertz CT molecular complexity index is 1180. The van der Waals surface area contributed by atoms with E-state index in [1.807, 2.05) is 57.2 Å². The first-order valence-electron chi connectivity index (χ1n) is 11.4. The molecule has 174 valence electrons. The molecule has 2 aromatic rings. The smallest absolute Gasteiger partial charge is 0.384 e. The summed E-state index contributed by atoms with van der Waals surface area (Å²) in [7, 11) is 0. The van der Waals surface area contributed by atoms with Crippen molar-refractivity contribution in [3.63, 3.8) is 0 Å². The Kier molecular flexibility index (Phi) is 6.35. The second-order valence-electron chi connectivity index (χ2n) is 9.67. The van der Waals surface area contributed by atoms with E-state index in [-0.39, 0.29) is 5.92 Å². The molecular formula is C28H27NO5. The second-order valence-corrected chi connectivity index (χ2v) is 9.67. The zero-order valence-electron chi connectivity index (χ0n) is 19.5. The van der Waals surface area contributed by atoms with Gasteiger partial charge >= 0.3 is 11.9 Å². The fourth-order valence-electron chi connectivity index (χ4n) is 4.23. The van der Waals surface area contributed by atoms with E-state index >= 15 is 0 Å². The van der Waals surface area contributed by atoms with Gasteiger partial charge in [-0.2, -0.15) is 5.26 Å². The van der Waals surface area contributed by atoms with Crippen LogP contribution in [0.3, 0.4) is 0 Å². The fourth-order valence-corrected chi connectivity index (χ4v) is 4.23. The summed E-state index contributed by atoms with van der Waals surface area (Å²) in [5, 5.41) is 9.66. The Morgan fingerprint density at radius 3 is 2.38 bits per heavy atom. The predicted molar refractivity (Wildman–Crippen MR) is 124 cm³/mol. The van der Waals surface area contributed by atoms with Crippen LogP contribution in [0.4, 0.5) is 0 Å². The van der Waals surface area contributed by atoms with Gasteiger partial charge in [-0.3, -0.25) is 4.79 Å². The maximum absolute atomic E-state index is 12.9. The van der Waals surface area contributed by atoms with Crippen molar-refractivity contribution < 1.29 is 23.8 Å². The number of carbonyl (C=O) groups is 2. The first-order chi connectivity index (χ1) is 16.2. The number of esters is 2. The number of para-hydroxylation sites is 1. The Balaban J connectivity index is 1.39. The first kappa shape index (κ1) is 23.4. The van der Waals surface area contributed by atoms with Gasteiger partial charge in [0, 0.05) is 17.4 Å². The van der Waals surface area contributed by atoms with Crippen molar-refractivity contribution in [3.8, 4) is 29.4 Å². The van der Waals surface area contributed by atoms with E-state index in [2.05, 4.69) is 11.8 Å². The SMILES string of the molecule is CC1(OC(=O)C#C[C@H]2[C@@H](C(=O)O[C@H](C#N)c3cccc(Oc4ccccc4)c3)C2(C)C)CCC1. The van der Waals surface area contributed by atoms with Crippen molar-refractivity contribution in [2.45, 2.75) is 51.7 Å². The van der Waals surface area contributed by atoms with Crippen LogP contribution in [0.2, 0.25) is 0 Å². The number of ether oxygens (including phenoxy) is 3. The Hall–Kier alpha value is -3.77. The summed E-state index contributed by atoms with van der Waals surface area (Å²) in [5.41, 5.74) is -0.354. The standard InChI is InChI=1S/C28H27NO5/c1-27(2)22(13-14-24(30)34-28(3)15-8-16-28)25(27)26(31)33-23(18-29)19-9-7-12-21(17-19)32-20-10-5-4-6-11-20/h4-7,9-12,17,22-23,25H,8,15-16H2,1-3H3/t22-,23+,25-/m0/s1. The number of carbonyl (C=O) groups excluding carboxylic acids is 2. The summed E-state index contributed by atoms with van der Waals surface area (Å²) in [6.07, 6.45) is 1.65. The lowest BCUT2D eigenvalue weighted by molar-refractivity contribution is -0.159. The van der Waals surface area contributed by atoms with Gasteiger partial charge in [0.05, 0.1) is 5.92 Å². The van der Waals surface area contributed by atoms with E-state index < -0.39 is 35.0 Å². The minimum absolute atomic E-state index is 0.339. The van der Waals surface area contributed by atoms with Gasteiger partial charge < -0.3 is 14.2 Å². The van der Waals surface area contributed by atoms with E-state index in [0.29, 0.717) is 17.1 Å². The first-order valence-corrected chi connectivity index (χ1v) is 11.4. The number of rotatable bonds is 6. The van der Waals surface area contributed by atoms with E-state index in [4.69, 9.17) is 14.2 Å². The van der Waals surface area contributed by atoms with Crippen LogP contribution in [-0.2, 0) is 19.1 Å². The monoisotopic (exact) mass is 457 g/mol. The van der Waals surface area contributed by atoms with Crippen molar-refractivity contribution in [1.29, 1.82) is 5.26 Å². The van der Waals surface area contributed by atoms with Crippen LogP contribution >= 0.6 is 0 Å². The van der Waals surface area contributed by atoms with Crippen LogP contribution in [0.5, 0.6) is 11.5 Å². The average molecular weight is 458 g/mol. The largest absolute Gasteiger partial charge is 0.457 e. The summed E-state index contributed by atoms with van der Waals surface area (Å²) in [6, 6.07) is 18.2. The van der Waals surface area contributed by atoms with Gasteiger partial charge in [-0.05, 0) is 55.9 Å². The summed E-state index contributed by atoms with van der Waals surface area (Å²) < 4.78 is 16.8. The van der Waals surface area contributed by atoms with Crippen LogP contribution in [0.15, 0.2) is 54.6 Å². The fraction of sp³-hybridized carbons (Fsp3) is 0.393. The Labute approximate surface area is 199 Å². The van der Waals surface area contributed by atoms with E-state index in [1.165, 1.54) is 0 Å². The molecule has 2 saturated carbocycles. The molecule has 0 radical (unpaired) electrons. The number of nitriles is 1. The topological polar surface area (TPSA) is 85.6 Å². The van der Waals surface area contributed by atoms with E-state index in [0.717, 1.165) is 19.3 Å². The highest BCUT2D eigenvalue weighted by molar-refractivity contribution is 5.89. The second kappa shape index (κ2) is 9.23. The van der Waals surface area contributed by atoms with Crippen LogP contribution in [0.25, 0.3) is 0 Å². The van der Waals surface area contributed by atoms with Crippen LogP contribution in [-0.4, -0.2) is 17.5 Å². The molecule has 0 saturated heterocycles. The molecule has 4 rings (SSSR count). The molecule has 0 bridgehead atoms. The highest BCUT2D eigenvalue weighted by Crippen LogP contribution is 2.58. The molecule has 2 fully saturated rings. The molecule has 0 amide bonds. The molecule has 3 atom stereocenters. The molecule has 34 heavy (non-hydrogen) atoms. The summed E-state index contributed by atoms with van der Waals surface area (Å²) in [5.74, 6) is 4.69. The van der Waals surface area contributed by atoms with E-state index in [1.54, 1.807) is 24.3 Å². The van der Waals surface area contributed by atoms with Crippen LogP contribution < -0.4 is 4.74 Å². The molecule has 0 unspecified atom stereocenters.